The number of aromatic nitrogens is 3. The van der Waals surface area contributed by atoms with Crippen LogP contribution in [-0.4, -0.2) is 32.2 Å². The highest BCUT2D eigenvalue weighted by Crippen LogP contribution is 2.22. The highest BCUT2D eigenvalue weighted by Gasteiger charge is 2.14. The summed E-state index contributed by atoms with van der Waals surface area (Å²) in [7, 11) is 1.81. The summed E-state index contributed by atoms with van der Waals surface area (Å²) in [4.78, 5) is 24.1. The third kappa shape index (κ3) is 2.85. The van der Waals surface area contributed by atoms with E-state index in [9.17, 15) is 4.79 Å². The van der Waals surface area contributed by atoms with Crippen LogP contribution in [0.2, 0.25) is 0 Å². The second kappa shape index (κ2) is 5.75. The molecule has 3 heterocycles. The topological polar surface area (TPSA) is 50.5 Å². The number of amides is 1. The second-order valence-electron chi connectivity index (χ2n) is 5.33. The molecule has 4 rings (SSSR count). The molecule has 0 saturated heterocycles. The number of para-hydroxylation sites is 1. The monoisotopic (exact) mass is 342 g/mol. The number of nitrogens with zero attached hydrogens (tertiary/aromatic N) is 4. The van der Waals surface area contributed by atoms with Gasteiger partial charge < -0.3 is 4.90 Å². The number of fused-ring (bicyclic) bond motifs is 2. The van der Waals surface area contributed by atoms with Crippen molar-refractivity contribution in [2.24, 2.45) is 0 Å². The lowest BCUT2D eigenvalue weighted by molar-refractivity contribution is -0.129. The van der Waals surface area contributed by atoms with Crippen molar-refractivity contribution in [2.75, 3.05) is 7.05 Å². The van der Waals surface area contributed by atoms with Crippen LogP contribution in [0.1, 0.15) is 10.7 Å². The van der Waals surface area contributed by atoms with E-state index in [1.807, 2.05) is 47.4 Å². The Morgan fingerprint density at radius 1 is 1.30 bits per heavy atom. The fourth-order valence-electron chi connectivity index (χ4n) is 2.43. The van der Waals surface area contributed by atoms with Gasteiger partial charge in [-0.25, -0.2) is 9.97 Å². The molecule has 0 radical (unpaired) electrons. The molecule has 0 fully saturated rings. The summed E-state index contributed by atoms with van der Waals surface area (Å²) >= 11 is 3.20. The zero-order valence-electron chi connectivity index (χ0n) is 12.5. The molecule has 0 atom stereocenters. The zero-order valence-corrected chi connectivity index (χ0v) is 14.1. The standard InChI is InChI=1S/C16H14N4OS2/c1-19(10-14-18-12-4-2-3-5-13(12)23-14)15(21)8-11-9-20-6-7-22-16(20)17-11/h2-7,9H,8,10H2,1H3. The Hall–Kier alpha value is -2.25. The molecular formula is C16H14N4OS2. The first-order chi connectivity index (χ1) is 11.2. The van der Waals surface area contributed by atoms with Crippen LogP contribution in [0.15, 0.2) is 42.0 Å². The molecule has 0 unspecified atom stereocenters. The average molecular weight is 342 g/mol. The van der Waals surface area contributed by atoms with Gasteiger partial charge in [0, 0.05) is 24.8 Å². The van der Waals surface area contributed by atoms with E-state index in [2.05, 4.69) is 16.0 Å². The Bertz CT molecular complexity index is 923. The third-order valence-electron chi connectivity index (χ3n) is 3.61. The van der Waals surface area contributed by atoms with E-state index in [0.717, 1.165) is 25.9 Å². The van der Waals surface area contributed by atoms with Crippen molar-refractivity contribution in [1.29, 1.82) is 0 Å². The van der Waals surface area contributed by atoms with Crippen molar-refractivity contribution in [3.8, 4) is 0 Å². The van der Waals surface area contributed by atoms with Gasteiger partial charge in [0.2, 0.25) is 5.91 Å². The van der Waals surface area contributed by atoms with Crippen molar-refractivity contribution in [3.63, 3.8) is 0 Å². The Morgan fingerprint density at radius 2 is 2.17 bits per heavy atom. The molecule has 116 valence electrons. The van der Waals surface area contributed by atoms with Gasteiger partial charge in [-0.05, 0) is 12.1 Å². The lowest BCUT2D eigenvalue weighted by atomic mass is 10.3. The first-order valence-corrected chi connectivity index (χ1v) is 8.88. The minimum atomic E-state index is 0.0509. The highest BCUT2D eigenvalue weighted by atomic mass is 32.1. The van der Waals surface area contributed by atoms with Crippen LogP contribution >= 0.6 is 22.7 Å². The summed E-state index contributed by atoms with van der Waals surface area (Å²) in [6, 6.07) is 8.03. The summed E-state index contributed by atoms with van der Waals surface area (Å²) < 4.78 is 3.10. The van der Waals surface area contributed by atoms with E-state index in [0.29, 0.717) is 13.0 Å². The number of carbonyl (C=O) groups excluding carboxylic acids is 1. The minimum absolute atomic E-state index is 0.0509. The molecule has 0 bridgehead atoms. The first-order valence-electron chi connectivity index (χ1n) is 7.18. The Kier molecular flexibility index (Phi) is 3.59. The Balaban J connectivity index is 1.46. The lowest BCUT2D eigenvalue weighted by Crippen LogP contribution is -2.27. The first kappa shape index (κ1) is 14.3. The molecule has 0 aliphatic carbocycles. The van der Waals surface area contributed by atoms with Gasteiger partial charge in [0.25, 0.3) is 0 Å². The predicted molar refractivity (Wildman–Crippen MR) is 92.9 cm³/mol. The molecule has 1 aromatic carbocycles. The zero-order chi connectivity index (χ0) is 15.8. The van der Waals surface area contributed by atoms with Crippen molar-refractivity contribution in [3.05, 3.63) is 52.7 Å². The van der Waals surface area contributed by atoms with Crippen LogP contribution < -0.4 is 0 Å². The van der Waals surface area contributed by atoms with Crippen LogP contribution in [-0.2, 0) is 17.8 Å². The Labute approximate surface area is 140 Å². The van der Waals surface area contributed by atoms with Crippen LogP contribution in [0.25, 0.3) is 15.2 Å². The number of thiazole rings is 2. The summed E-state index contributed by atoms with van der Waals surface area (Å²) in [5.41, 5.74) is 1.79. The van der Waals surface area contributed by atoms with Crippen LogP contribution in [0.4, 0.5) is 0 Å². The fraction of sp³-hybridized carbons (Fsp3) is 0.188. The lowest BCUT2D eigenvalue weighted by Gasteiger charge is -2.14. The van der Waals surface area contributed by atoms with E-state index >= 15 is 0 Å². The van der Waals surface area contributed by atoms with Crippen LogP contribution in [0.5, 0.6) is 0 Å². The largest absolute Gasteiger partial charge is 0.339 e. The summed E-state index contributed by atoms with van der Waals surface area (Å²) in [6.45, 7) is 0.528. The molecular weight excluding hydrogens is 328 g/mol. The summed E-state index contributed by atoms with van der Waals surface area (Å²) in [5.74, 6) is 0.0509. The van der Waals surface area contributed by atoms with Crippen LogP contribution in [0, 0.1) is 0 Å². The summed E-state index contributed by atoms with van der Waals surface area (Å²) in [5, 5.41) is 2.93. The van der Waals surface area contributed by atoms with Gasteiger partial charge in [-0.1, -0.05) is 12.1 Å². The molecule has 5 nitrogen and oxygen atoms in total. The van der Waals surface area contributed by atoms with Gasteiger partial charge in [-0.2, -0.15) is 0 Å². The smallest absolute Gasteiger partial charge is 0.228 e. The number of hydrogen-bond donors (Lipinski definition) is 0. The molecule has 0 aliphatic heterocycles. The number of likely N-dealkylation sites (N-methyl/N-ethyl adjacent to an activating group) is 1. The molecule has 0 saturated carbocycles. The number of carbonyl (C=O) groups is 1. The van der Waals surface area contributed by atoms with Gasteiger partial charge in [0.15, 0.2) is 4.96 Å². The van der Waals surface area contributed by atoms with Gasteiger partial charge >= 0.3 is 0 Å². The van der Waals surface area contributed by atoms with Gasteiger partial charge in [-0.15, -0.1) is 22.7 Å². The second-order valence-corrected chi connectivity index (χ2v) is 7.32. The average Bonchev–Trinajstić information content (AvgIpc) is 3.20. The highest BCUT2D eigenvalue weighted by molar-refractivity contribution is 7.18. The maximum Gasteiger partial charge on any atom is 0.228 e. The van der Waals surface area contributed by atoms with Crippen molar-refractivity contribution in [2.45, 2.75) is 13.0 Å². The van der Waals surface area contributed by atoms with E-state index in [4.69, 9.17) is 0 Å². The molecule has 0 aliphatic rings. The number of benzene rings is 1. The summed E-state index contributed by atoms with van der Waals surface area (Å²) in [6.07, 6.45) is 4.18. The van der Waals surface area contributed by atoms with Gasteiger partial charge in [0.05, 0.1) is 28.9 Å². The van der Waals surface area contributed by atoms with E-state index in [1.54, 1.807) is 27.6 Å². The molecule has 23 heavy (non-hydrogen) atoms. The quantitative estimate of drug-likeness (QED) is 0.572. The van der Waals surface area contributed by atoms with E-state index in [-0.39, 0.29) is 5.91 Å². The van der Waals surface area contributed by atoms with Crippen LogP contribution in [0.3, 0.4) is 0 Å². The van der Waals surface area contributed by atoms with Gasteiger partial charge in [-0.3, -0.25) is 9.20 Å². The Morgan fingerprint density at radius 3 is 3.00 bits per heavy atom. The number of hydrogen-bond acceptors (Lipinski definition) is 5. The molecule has 1 amide bonds. The molecule has 0 spiro atoms. The third-order valence-corrected chi connectivity index (χ3v) is 5.40. The predicted octanol–water partition coefficient (Wildman–Crippen LogP) is 3.21. The van der Waals surface area contributed by atoms with E-state index in [1.165, 1.54) is 0 Å². The van der Waals surface area contributed by atoms with Crippen molar-refractivity contribution in [1.82, 2.24) is 19.3 Å². The maximum atomic E-state index is 12.4. The maximum absolute atomic E-state index is 12.4. The number of rotatable bonds is 4. The van der Waals surface area contributed by atoms with E-state index < -0.39 is 0 Å². The molecule has 0 N–H and O–H groups in total. The molecule has 4 aromatic rings. The van der Waals surface area contributed by atoms with Crippen molar-refractivity contribution >= 4 is 43.8 Å². The minimum Gasteiger partial charge on any atom is -0.339 e. The SMILES string of the molecule is CN(Cc1nc2ccccc2s1)C(=O)Cc1cn2ccsc2n1. The molecule has 3 aromatic heterocycles. The van der Waals surface area contributed by atoms with Gasteiger partial charge in [0.1, 0.15) is 5.01 Å². The van der Waals surface area contributed by atoms with Crippen molar-refractivity contribution < 1.29 is 4.79 Å². The number of imidazole rings is 1. The fourth-order valence-corrected chi connectivity index (χ4v) is 4.17. The molecule has 7 heteroatoms. The normalized spacial score (nSPS) is 11.3.